The minimum Gasteiger partial charge on any atom is -0.506 e. The number of carbonyl (C=O) groups is 2. The first-order valence-corrected chi connectivity index (χ1v) is 13.1. The number of phenolic OH excluding ortho intramolecular Hbond substituents is 1. The van der Waals surface area contributed by atoms with E-state index < -0.39 is 0 Å². The summed E-state index contributed by atoms with van der Waals surface area (Å²) >= 11 is 0. The SMILES string of the molecule is CCCCCCCCCCCCNC(=O)c1cc(OCC(=O)NCCCO)c2ccccc2c1O. The normalized spacial score (nSPS) is 10.9. The lowest BCUT2D eigenvalue weighted by molar-refractivity contribution is -0.123. The molecule has 0 spiro atoms. The lowest BCUT2D eigenvalue weighted by atomic mass is 10.0. The summed E-state index contributed by atoms with van der Waals surface area (Å²) in [6.45, 7) is 2.92. The van der Waals surface area contributed by atoms with Crippen molar-refractivity contribution in [2.75, 3.05) is 26.3 Å². The molecule has 7 nitrogen and oxygen atoms in total. The number of hydrogen-bond acceptors (Lipinski definition) is 5. The highest BCUT2D eigenvalue weighted by molar-refractivity contribution is 6.05. The number of benzene rings is 2. The van der Waals surface area contributed by atoms with Crippen LogP contribution in [-0.2, 0) is 4.79 Å². The van der Waals surface area contributed by atoms with E-state index in [1.165, 1.54) is 57.4 Å². The third-order valence-electron chi connectivity index (χ3n) is 6.05. The van der Waals surface area contributed by atoms with Crippen LogP contribution in [0.1, 0.15) is 87.9 Å². The van der Waals surface area contributed by atoms with E-state index in [9.17, 15) is 14.7 Å². The van der Waals surface area contributed by atoms with E-state index in [0.29, 0.717) is 36.0 Å². The van der Waals surface area contributed by atoms with Crippen molar-refractivity contribution in [2.24, 2.45) is 0 Å². The van der Waals surface area contributed by atoms with Gasteiger partial charge < -0.3 is 25.6 Å². The predicted molar refractivity (Wildman–Crippen MR) is 140 cm³/mol. The fraction of sp³-hybridized carbons (Fsp3) is 0.571. The Hall–Kier alpha value is -2.80. The minimum absolute atomic E-state index is 0.00132. The van der Waals surface area contributed by atoms with Crippen molar-refractivity contribution >= 4 is 22.6 Å². The topological polar surface area (TPSA) is 108 Å². The number of aromatic hydroxyl groups is 1. The van der Waals surface area contributed by atoms with Crippen molar-refractivity contribution in [3.8, 4) is 11.5 Å². The monoisotopic (exact) mass is 486 g/mol. The summed E-state index contributed by atoms with van der Waals surface area (Å²) in [5.41, 5.74) is 0.131. The van der Waals surface area contributed by atoms with Crippen molar-refractivity contribution < 1.29 is 24.5 Å². The maximum Gasteiger partial charge on any atom is 0.257 e. The van der Waals surface area contributed by atoms with Gasteiger partial charge in [0.2, 0.25) is 0 Å². The summed E-state index contributed by atoms with van der Waals surface area (Å²) < 4.78 is 5.70. The molecular formula is C28H42N2O5. The third-order valence-corrected chi connectivity index (χ3v) is 6.05. The molecule has 0 fully saturated rings. The van der Waals surface area contributed by atoms with Crippen LogP contribution in [-0.4, -0.2) is 48.3 Å². The summed E-state index contributed by atoms with van der Waals surface area (Å²) in [5, 5.41) is 26.2. The van der Waals surface area contributed by atoms with Gasteiger partial charge in [-0.15, -0.1) is 0 Å². The molecule has 0 saturated carbocycles. The van der Waals surface area contributed by atoms with Gasteiger partial charge in [-0.2, -0.15) is 0 Å². The van der Waals surface area contributed by atoms with Crippen LogP contribution in [0.2, 0.25) is 0 Å². The number of ether oxygens (including phenoxy) is 1. The number of unbranched alkanes of at least 4 members (excludes halogenated alkanes) is 9. The van der Waals surface area contributed by atoms with E-state index in [-0.39, 0.29) is 36.3 Å². The van der Waals surface area contributed by atoms with Crippen LogP contribution >= 0.6 is 0 Å². The van der Waals surface area contributed by atoms with E-state index in [4.69, 9.17) is 9.84 Å². The number of aliphatic hydroxyl groups excluding tert-OH is 1. The largest absolute Gasteiger partial charge is 0.506 e. The van der Waals surface area contributed by atoms with E-state index in [0.717, 1.165) is 12.8 Å². The first-order chi connectivity index (χ1) is 17.1. The molecule has 7 heteroatoms. The molecule has 0 aliphatic rings. The molecule has 0 aromatic heterocycles. The lowest BCUT2D eigenvalue weighted by Gasteiger charge is -2.14. The second-order valence-corrected chi connectivity index (χ2v) is 8.97. The van der Waals surface area contributed by atoms with Gasteiger partial charge in [-0.25, -0.2) is 0 Å². The first kappa shape index (κ1) is 28.4. The number of nitrogens with one attached hydrogen (secondary N) is 2. The van der Waals surface area contributed by atoms with Crippen LogP contribution < -0.4 is 15.4 Å². The average molecular weight is 487 g/mol. The Morgan fingerprint density at radius 3 is 2.09 bits per heavy atom. The summed E-state index contributed by atoms with van der Waals surface area (Å²) in [6, 6.07) is 8.57. The van der Waals surface area contributed by atoms with Crippen molar-refractivity contribution in [2.45, 2.75) is 77.6 Å². The van der Waals surface area contributed by atoms with E-state index >= 15 is 0 Å². The maximum absolute atomic E-state index is 12.8. The molecule has 0 atom stereocenters. The quantitative estimate of drug-likeness (QED) is 0.220. The highest BCUT2D eigenvalue weighted by Crippen LogP contribution is 2.36. The minimum atomic E-state index is -0.360. The van der Waals surface area contributed by atoms with Crippen LogP contribution in [0.3, 0.4) is 0 Å². The Balaban J connectivity index is 1.85. The molecule has 2 aromatic carbocycles. The van der Waals surface area contributed by atoms with Crippen LogP contribution in [0.25, 0.3) is 10.8 Å². The van der Waals surface area contributed by atoms with Crippen LogP contribution in [0.4, 0.5) is 0 Å². The average Bonchev–Trinajstić information content (AvgIpc) is 2.87. The van der Waals surface area contributed by atoms with E-state index in [1.807, 2.05) is 0 Å². The number of fused-ring (bicyclic) bond motifs is 1. The molecule has 0 aliphatic carbocycles. The number of rotatable bonds is 18. The van der Waals surface area contributed by atoms with Gasteiger partial charge in [-0.3, -0.25) is 9.59 Å². The molecular weight excluding hydrogens is 444 g/mol. The van der Waals surface area contributed by atoms with E-state index in [1.54, 1.807) is 24.3 Å². The van der Waals surface area contributed by atoms with Gasteiger partial charge in [0.05, 0.1) is 5.56 Å². The van der Waals surface area contributed by atoms with Gasteiger partial charge in [0.25, 0.3) is 11.8 Å². The molecule has 2 aromatic rings. The van der Waals surface area contributed by atoms with Gasteiger partial charge in [-0.05, 0) is 18.9 Å². The molecule has 0 heterocycles. The number of hydrogen-bond donors (Lipinski definition) is 4. The zero-order valence-electron chi connectivity index (χ0n) is 21.1. The number of amides is 2. The smallest absolute Gasteiger partial charge is 0.257 e. The molecule has 0 radical (unpaired) electrons. The Morgan fingerprint density at radius 2 is 1.43 bits per heavy atom. The molecule has 0 unspecified atom stereocenters. The Bertz CT molecular complexity index is 916. The van der Waals surface area contributed by atoms with Gasteiger partial charge in [-0.1, -0.05) is 89.0 Å². The fourth-order valence-electron chi connectivity index (χ4n) is 4.03. The Labute approximate surface area is 209 Å². The van der Waals surface area contributed by atoms with Gasteiger partial charge in [0.15, 0.2) is 6.61 Å². The number of phenols is 1. The van der Waals surface area contributed by atoms with Crippen molar-refractivity contribution in [3.63, 3.8) is 0 Å². The second-order valence-electron chi connectivity index (χ2n) is 8.97. The molecule has 194 valence electrons. The molecule has 0 saturated heterocycles. The number of carbonyl (C=O) groups excluding carboxylic acids is 2. The maximum atomic E-state index is 12.8. The van der Waals surface area contributed by atoms with Gasteiger partial charge in [0, 0.05) is 30.5 Å². The Kier molecular flexibility index (Phi) is 13.6. The summed E-state index contributed by atoms with van der Waals surface area (Å²) in [5.74, 6) is -0.412. The molecule has 0 bridgehead atoms. The highest BCUT2D eigenvalue weighted by Gasteiger charge is 2.18. The third kappa shape index (κ3) is 10.1. The zero-order chi connectivity index (χ0) is 25.3. The zero-order valence-corrected chi connectivity index (χ0v) is 21.1. The molecule has 4 N–H and O–H groups in total. The molecule has 2 amide bonds. The first-order valence-electron chi connectivity index (χ1n) is 13.1. The van der Waals surface area contributed by atoms with Crippen LogP contribution in [0.5, 0.6) is 11.5 Å². The van der Waals surface area contributed by atoms with E-state index in [2.05, 4.69) is 17.6 Å². The summed E-state index contributed by atoms with van der Waals surface area (Å²) in [7, 11) is 0. The molecule has 0 aliphatic heterocycles. The summed E-state index contributed by atoms with van der Waals surface area (Å²) in [4.78, 5) is 24.8. The van der Waals surface area contributed by atoms with Crippen LogP contribution in [0.15, 0.2) is 30.3 Å². The fourth-order valence-corrected chi connectivity index (χ4v) is 4.03. The van der Waals surface area contributed by atoms with Crippen molar-refractivity contribution in [1.29, 1.82) is 0 Å². The van der Waals surface area contributed by atoms with Crippen molar-refractivity contribution in [3.05, 3.63) is 35.9 Å². The Morgan fingerprint density at radius 1 is 0.829 bits per heavy atom. The number of aliphatic hydroxyl groups is 1. The molecule has 35 heavy (non-hydrogen) atoms. The van der Waals surface area contributed by atoms with Crippen molar-refractivity contribution in [1.82, 2.24) is 10.6 Å². The standard InChI is InChI=1S/C28H42N2O5/c1-2-3-4-5-6-7-8-9-10-13-17-30-28(34)24-20-25(35-21-26(32)29-18-14-19-31)22-15-11-12-16-23(22)27(24)33/h11-12,15-16,20,31,33H,2-10,13-14,17-19,21H2,1H3,(H,29,32)(H,30,34). The lowest BCUT2D eigenvalue weighted by Crippen LogP contribution is -2.30. The summed E-state index contributed by atoms with van der Waals surface area (Å²) in [6.07, 6.45) is 12.7. The predicted octanol–water partition coefficient (Wildman–Crippen LogP) is 5.07. The molecule has 2 rings (SSSR count). The van der Waals surface area contributed by atoms with Gasteiger partial charge >= 0.3 is 0 Å². The second kappa shape index (κ2) is 16.8. The highest BCUT2D eigenvalue weighted by atomic mass is 16.5. The van der Waals surface area contributed by atoms with Crippen LogP contribution in [0, 0.1) is 0 Å². The van der Waals surface area contributed by atoms with Gasteiger partial charge in [0.1, 0.15) is 11.5 Å².